The van der Waals surface area contributed by atoms with Crippen LogP contribution < -0.4 is 4.74 Å². The van der Waals surface area contributed by atoms with Crippen molar-refractivity contribution in [2.75, 3.05) is 92.7 Å². The van der Waals surface area contributed by atoms with Crippen LogP contribution in [-0.2, 0) is 39.6 Å². The fourth-order valence-corrected chi connectivity index (χ4v) is 6.36. The van der Waals surface area contributed by atoms with Gasteiger partial charge in [-0.05, 0) is 30.9 Å². The minimum Gasteiger partial charge on any atom is -0.491 e. The largest absolute Gasteiger partial charge is 0.491 e. The highest BCUT2D eigenvalue weighted by molar-refractivity contribution is 5.33. The van der Waals surface area contributed by atoms with Gasteiger partial charge in [-0.3, -0.25) is 0 Å². The standard InChI is InChI=1S/C46H86O8/c1-3-5-7-9-11-12-13-14-15-16-17-18-19-21-23-27-31-47-32-33-48-34-35-49-38-40-52-44-53-41-39-50-36-37-51-42-43-54-46-30-26-25-29-45(46)28-24-22-20-10-8-6-4-2/h25-26,29-30H,3-24,27-28,31-44H2,1-2H3. The Bertz CT molecular complexity index is 841. The lowest BCUT2D eigenvalue weighted by atomic mass is 10.0. The van der Waals surface area contributed by atoms with Crippen LogP contribution in [0, 0.1) is 0 Å². The average molecular weight is 767 g/mol. The second-order valence-electron chi connectivity index (χ2n) is 14.6. The van der Waals surface area contributed by atoms with Crippen LogP contribution in [0.2, 0.25) is 0 Å². The Morgan fingerprint density at radius 3 is 1.09 bits per heavy atom. The van der Waals surface area contributed by atoms with Gasteiger partial charge in [-0.15, -0.1) is 0 Å². The van der Waals surface area contributed by atoms with E-state index in [-0.39, 0.29) is 6.79 Å². The predicted octanol–water partition coefficient (Wildman–Crippen LogP) is 11.7. The Morgan fingerprint density at radius 2 is 0.648 bits per heavy atom. The minimum absolute atomic E-state index is 0.230. The van der Waals surface area contributed by atoms with Crippen molar-refractivity contribution in [3.8, 4) is 5.75 Å². The Morgan fingerprint density at radius 1 is 0.315 bits per heavy atom. The second-order valence-corrected chi connectivity index (χ2v) is 14.6. The summed E-state index contributed by atoms with van der Waals surface area (Å²) in [6, 6.07) is 8.38. The van der Waals surface area contributed by atoms with Crippen molar-refractivity contribution in [1.29, 1.82) is 0 Å². The zero-order valence-corrected chi connectivity index (χ0v) is 35.4. The van der Waals surface area contributed by atoms with Crippen LogP contribution in [0.25, 0.3) is 0 Å². The maximum atomic E-state index is 6.00. The van der Waals surface area contributed by atoms with Gasteiger partial charge in [-0.2, -0.15) is 0 Å². The number of hydrogen-bond donors (Lipinski definition) is 0. The van der Waals surface area contributed by atoms with Gasteiger partial charge in [-0.25, -0.2) is 0 Å². The van der Waals surface area contributed by atoms with E-state index in [4.69, 9.17) is 37.9 Å². The quantitative estimate of drug-likeness (QED) is 0.0480. The van der Waals surface area contributed by atoms with Crippen molar-refractivity contribution in [2.24, 2.45) is 0 Å². The molecule has 1 aromatic rings. The highest BCUT2D eigenvalue weighted by Gasteiger charge is 2.04. The van der Waals surface area contributed by atoms with Crippen molar-refractivity contribution < 1.29 is 37.9 Å². The number of benzene rings is 1. The van der Waals surface area contributed by atoms with Gasteiger partial charge in [0, 0.05) is 6.61 Å². The molecule has 0 heterocycles. The molecule has 8 nitrogen and oxygen atoms in total. The molecular formula is C46H86O8. The monoisotopic (exact) mass is 767 g/mol. The third kappa shape index (κ3) is 37.7. The van der Waals surface area contributed by atoms with E-state index in [0.717, 1.165) is 25.2 Å². The summed E-state index contributed by atoms with van der Waals surface area (Å²) in [5.41, 5.74) is 1.29. The molecule has 0 saturated heterocycles. The Balaban J connectivity index is 1.70. The highest BCUT2D eigenvalue weighted by Crippen LogP contribution is 2.21. The zero-order chi connectivity index (χ0) is 38.5. The van der Waals surface area contributed by atoms with E-state index < -0.39 is 0 Å². The third-order valence-corrected chi connectivity index (χ3v) is 9.68. The molecular weight excluding hydrogens is 680 g/mol. The summed E-state index contributed by atoms with van der Waals surface area (Å²) in [6.07, 6.45) is 32.6. The molecule has 0 aliphatic rings. The molecule has 0 fully saturated rings. The van der Waals surface area contributed by atoms with Crippen LogP contribution in [0.15, 0.2) is 24.3 Å². The molecule has 0 atom stereocenters. The first-order valence-electron chi connectivity index (χ1n) is 22.6. The molecule has 0 aromatic heterocycles. The van der Waals surface area contributed by atoms with Crippen molar-refractivity contribution in [3.05, 3.63) is 29.8 Å². The second kappa shape index (κ2) is 44.5. The molecule has 0 bridgehead atoms. The molecule has 54 heavy (non-hydrogen) atoms. The fourth-order valence-electron chi connectivity index (χ4n) is 6.36. The average Bonchev–Trinajstić information content (AvgIpc) is 3.19. The topological polar surface area (TPSA) is 73.8 Å². The van der Waals surface area contributed by atoms with Crippen LogP contribution in [-0.4, -0.2) is 92.7 Å². The van der Waals surface area contributed by atoms with Crippen LogP contribution in [0.4, 0.5) is 0 Å². The summed E-state index contributed by atoms with van der Waals surface area (Å²) in [6.45, 7) is 12.2. The smallest absolute Gasteiger partial charge is 0.146 e. The number of ether oxygens (including phenoxy) is 8. The van der Waals surface area contributed by atoms with E-state index in [9.17, 15) is 0 Å². The molecule has 318 valence electrons. The molecule has 8 heteroatoms. The van der Waals surface area contributed by atoms with E-state index in [0.29, 0.717) is 79.3 Å². The Kier molecular flexibility index (Phi) is 41.8. The summed E-state index contributed by atoms with van der Waals surface area (Å²) in [5, 5.41) is 0. The van der Waals surface area contributed by atoms with Gasteiger partial charge in [0.15, 0.2) is 0 Å². The SMILES string of the molecule is CCCCCCCCCCCCCCCCCCOCCOCCOCCOCOCCOCCOCCOc1ccccc1CCCCCCCCC. The maximum Gasteiger partial charge on any atom is 0.146 e. The first kappa shape index (κ1) is 50.8. The van der Waals surface area contributed by atoms with Crippen molar-refractivity contribution >= 4 is 0 Å². The normalized spacial score (nSPS) is 11.5. The van der Waals surface area contributed by atoms with E-state index in [2.05, 4.69) is 32.0 Å². The van der Waals surface area contributed by atoms with E-state index >= 15 is 0 Å². The van der Waals surface area contributed by atoms with Crippen molar-refractivity contribution in [2.45, 2.75) is 168 Å². The van der Waals surface area contributed by atoms with E-state index in [1.807, 2.05) is 6.07 Å². The summed E-state index contributed by atoms with van der Waals surface area (Å²) in [4.78, 5) is 0. The minimum atomic E-state index is 0.230. The number of aryl methyl sites for hydroxylation is 1. The molecule has 0 unspecified atom stereocenters. The molecule has 1 aromatic carbocycles. The third-order valence-electron chi connectivity index (χ3n) is 9.68. The van der Waals surface area contributed by atoms with E-state index in [1.165, 1.54) is 147 Å². The van der Waals surface area contributed by atoms with Crippen LogP contribution in [0.3, 0.4) is 0 Å². The Labute approximate surface area is 333 Å². The molecule has 0 N–H and O–H groups in total. The van der Waals surface area contributed by atoms with Crippen molar-refractivity contribution in [1.82, 2.24) is 0 Å². The van der Waals surface area contributed by atoms with Gasteiger partial charge >= 0.3 is 0 Å². The number of hydrogen-bond acceptors (Lipinski definition) is 8. The van der Waals surface area contributed by atoms with Crippen molar-refractivity contribution in [3.63, 3.8) is 0 Å². The molecule has 0 aliphatic heterocycles. The fraction of sp³-hybridized carbons (Fsp3) is 0.870. The predicted molar refractivity (Wildman–Crippen MR) is 224 cm³/mol. The molecule has 0 amide bonds. The lowest BCUT2D eigenvalue weighted by Crippen LogP contribution is -2.14. The van der Waals surface area contributed by atoms with Gasteiger partial charge in [0.05, 0.1) is 72.7 Å². The molecule has 1 rings (SSSR count). The lowest BCUT2D eigenvalue weighted by Gasteiger charge is -2.12. The lowest BCUT2D eigenvalue weighted by molar-refractivity contribution is -0.0860. The van der Waals surface area contributed by atoms with Gasteiger partial charge in [0.2, 0.25) is 0 Å². The highest BCUT2D eigenvalue weighted by atomic mass is 16.7. The molecule has 0 spiro atoms. The summed E-state index contributed by atoms with van der Waals surface area (Å²) in [7, 11) is 0. The summed E-state index contributed by atoms with van der Waals surface area (Å²) < 4.78 is 45.0. The molecule has 0 radical (unpaired) electrons. The van der Waals surface area contributed by atoms with Gasteiger partial charge < -0.3 is 37.9 Å². The summed E-state index contributed by atoms with van der Waals surface area (Å²) >= 11 is 0. The van der Waals surface area contributed by atoms with Crippen LogP contribution in [0.1, 0.15) is 167 Å². The van der Waals surface area contributed by atoms with Crippen LogP contribution in [0.5, 0.6) is 5.75 Å². The molecule has 0 saturated carbocycles. The van der Waals surface area contributed by atoms with Gasteiger partial charge in [0.1, 0.15) is 19.1 Å². The zero-order valence-electron chi connectivity index (χ0n) is 35.4. The number of unbranched alkanes of at least 4 members (excludes halogenated alkanes) is 21. The number of para-hydroxylation sites is 1. The summed E-state index contributed by atoms with van der Waals surface area (Å²) in [5.74, 6) is 0.982. The first-order valence-corrected chi connectivity index (χ1v) is 22.6. The Hall–Kier alpha value is -1.26. The van der Waals surface area contributed by atoms with Gasteiger partial charge in [0.25, 0.3) is 0 Å². The van der Waals surface area contributed by atoms with Crippen LogP contribution >= 0.6 is 0 Å². The number of rotatable bonds is 46. The molecule has 0 aliphatic carbocycles. The van der Waals surface area contributed by atoms with E-state index in [1.54, 1.807) is 0 Å². The van der Waals surface area contributed by atoms with Gasteiger partial charge in [-0.1, -0.05) is 167 Å². The maximum absolute atomic E-state index is 6.00. The first-order chi connectivity index (χ1) is 26.9.